The van der Waals surface area contributed by atoms with Crippen LogP contribution in [-0.4, -0.2) is 26.3 Å². The lowest BCUT2D eigenvalue weighted by atomic mass is 10.4. The third-order valence-corrected chi connectivity index (χ3v) is 3.66. The van der Waals surface area contributed by atoms with E-state index in [1.54, 1.807) is 11.3 Å². The molecule has 5 nitrogen and oxygen atoms in total. The molecule has 0 aliphatic carbocycles. The van der Waals surface area contributed by atoms with E-state index in [0.29, 0.717) is 6.54 Å². The maximum Gasteiger partial charge on any atom is 0.183 e. The Morgan fingerprint density at radius 3 is 3.25 bits per heavy atom. The van der Waals surface area contributed by atoms with Gasteiger partial charge >= 0.3 is 0 Å². The van der Waals surface area contributed by atoms with Crippen LogP contribution >= 0.6 is 11.3 Å². The molecule has 0 radical (unpaired) electrons. The number of fused-ring (bicyclic) bond motifs is 1. The first-order valence-electron chi connectivity index (χ1n) is 5.45. The quantitative estimate of drug-likeness (QED) is 0.856. The van der Waals surface area contributed by atoms with Gasteiger partial charge < -0.3 is 10.3 Å². The highest BCUT2D eigenvalue weighted by Gasteiger charge is 2.19. The summed E-state index contributed by atoms with van der Waals surface area (Å²) in [6.07, 6.45) is 3.04. The van der Waals surface area contributed by atoms with Crippen LogP contribution in [0.15, 0.2) is 5.38 Å². The molecule has 84 valence electrons. The fourth-order valence-electron chi connectivity index (χ4n) is 1.99. The highest BCUT2D eigenvalue weighted by atomic mass is 32.1. The Morgan fingerprint density at radius 2 is 2.38 bits per heavy atom. The van der Waals surface area contributed by atoms with Crippen molar-refractivity contribution in [1.82, 2.24) is 19.7 Å². The van der Waals surface area contributed by atoms with E-state index in [2.05, 4.69) is 19.7 Å². The second-order valence-corrected chi connectivity index (χ2v) is 4.80. The van der Waals surface area contributed by atoms with Crippen molar-refractivity contribution in [2.24, 2.45) is 5.73 Å². The van der Waals surface area contributed by atoms with Gasteiger partial charge in [0, 0.05) is 24.8 Å². The normalized spacial score (nSPS) is 14.3. The summed E-state index contributed by atoms with van der Waals surface area (Å²) in [7, 11) is 0. The lowest BCUT2D eigenvalue weighted by molar-refractivity contribution is 0.746. The molecule has 0 atom stereocenters. The highest BCUT2D eigenvalue weighted by molar-refractivity contribution is 7.09. The molecule has 1 aliphatic rings. The molecule has 2 N–H and O–H groups in total. The average Bonchev–Trinajstić information content (AvgIpc) is 2.90. The van der Waals surface area contributed by atoms with Gasteiger partial charge in [0.25, 0.3) is 0 Å². The summed E-state index contributed by atoms with van der Waals surface area (Å²) in [5, 5.41) is 11.5. The molecule has 16 heavy (non-hydrogen) atoms. The van der Waals surface area contributed by atoms with Gasteiger partial charge in [-0.15, -0.1) is 21.5 Å². The molecule has 0 saturated heterocycles. The molecule has 0 fully saturated rings. The maximum absolute atomic E-state index is 5.51. The number of nitrogens with zero attached hydrogens (tertiary/aromatic N) is 4. The maximum atomic E-state index is 5.51. The Labute approximate surface area is 97.3 Å². The number of rotatable bonds is 3. The summed E-state index contributed by atoms with van der Waals surface area (Å²) < 4.78 is 2.17. The number of aryl methyl sites for hydroxylation is 1. The van der Waals surface area contributed by atoms with Crippen LogP contribution < -0.4 is 5.73 Å². The molecular weight excluding hydrogens is 222 g/mol. The molecule has 0 saturated carbocycles. The molecule has 3 heterocycles. The summed E-state index contributed by atoms with van der Waals surface area (Å²) >= 11 is 1.65. The second-order valence-electron chi connectivity index (χ2n) is 3.86. The molecule has 6 heteroatoms. The predicted molar refractivity (Wildman–Crippen MR) is 62.2 cm³/mol. The van der Waals surface area contributed by atoms with Gasteiger partial charge in [-0.25, -0.2) is 4.98 Å². The van der Waals surface area contributed by atoms with Crippen molar-refractivity contribution in [2.45, 2.75) is 25.8 Å². The van der Waals surface area contributed by atoms with E-state index in [9.17, 15) is 0 Å². The first-order chi connectivity index (χ1) is 7.88. The summed E-state index contributed by atoms with van der Waals surface area (Å²) in [6.45, 7) is 1.66. The number of aromatic nitrogens is 4. The van der Waals surface area contributed by atoms with E-state index < -0.39 is 0 Å². The smallest absolute Gasteiger partial charge is 0.183 e. The van der Waals surface area contributed by atoms with Crippen molar-refractivity contribution in [2.75, 3.05) is 6.54 Å². The minimum atomic E-state index is 0.644. The fraction of sp³-hybridized carbons (Fsp3) is 0.500. The summed E-state index contributed by atoms with van der Waals surface area (Å²) in [5.41, 5.74) is 6.45. The Hall–Kier alpha value is -1.27. The van der Waals surface area contributed by atoms with E-state index in [1.165, 1.54) is 0 Å². The standard InChI is InChI=1S/C10H13N5S/c11-4-3-9-12-7(6-16-9)10-14-13-8-2-1-5-15(8)10/h6H,1-5,11H2. The molecule has 2 aromatic rings. The van der Waals surface area contributed by atoms with Gasteiger partial charge in [0.05, 0.1) is 5.01 Å². The van der Waals surface area contributed by atoms with Crippen molar-refractivity contribution < 1.29 is 0 Å². The van der Waals surface area contributed by atoms with Crippen LogP contribution in [0.2, 0.25) is 0 Å². The van der Waals surface area contributed by atoms with Gasteiger partial charge in [0.2, 0.25) is 0 Å². The average molecular weight is 235 g/mol. The first kappa shape index (κ1) is 9.92. The molecule has 3 rings (SSSR count). The Morgan fingerprint density at radius 1 is 1.44 bits per heavy atom. The molecule has 0 bridgehead atoms. The molecular formula is C10H13N5S. The third kappa shape index (κ3) is 1.54. The SMILES string of the molecule is NCCc1nc(-c2nnc3n2CCC3)cs1. The van der Waals surface area contributed by atoms with Gasteiger partial charge in [0.15, 0.2) is 5.82 Å². The van der Waals surface area contributed by atoms with Gasteiger partial charge in [-0.3, -0.25) is 0 Å². The predicted octanol–water partition coefficient (Wildman–Crippen LogP) is 0.849. The van der Waals surface area contributed by atoms with E-state index in [0.717, 1.165) is 48.2 Å². The minimum Gasteiger partial charge on any atom is -0.330 e. The van der Waals surface area contributed by atoms with Crippen LogP contribution in [0.1, 0.15) is 17.3 Å². The molecule has 0 aromatic carbocycles. The molecule has 0 spiro atoms. The number of nitrogens with two attached hydrogens (primary N) is 1. The van der Waals surface area contributed by atoms with E-state index >= 15 is 0 Å². The van der Waals surface area contributed by atoms with Crippen LogP contribution in [0.3, 0.4) is 0 Å². The van der Waals surface area contributed by atoms with Crippen LogP contribution in [0, 0.1) is 0 Å². The zero-order chi connectivity index (χ0) is 11.0. The zero-order valence-electron chi connectivity index (χ0n) is 8.89. The van der Waals surface area contributed by atoms with Crippen LogP contribution in [0.25, 0.3) is 11.5 Å². The number of hydrogen-bond acceptors (Lipinski definition) is 5. The zero-order valence-corrected chi connectivity index (χ0v) is 9.70. The second kappa shape index (κ2) is 3.95. The van der Waals surface area contributed by atoms with Gasteiger partial charge in [-0.1, -0.05) is 0 Å². The first-order valence-corrected chi connectivity index (χ1v) is 6.33. The minimum absolute atomic E-state index is 0.644. The van der Waals surface area contributed by atoms with Crippen molar-refractivity contribution in [3.63, 3.8) is 0 Å². The Bertz CT molecular complexity index is 501. The van der Waals surface area contributed by atoms with Crippen LogP contribution in [0.4, 0.5) is 0 Å². The number of thiazole rings is 1. The summed E-state index contributed by atoms with van der Waals surface area (Å²) in [6, 6.07) is 0. The molecule has 1 aliphatic heterocycles. The van der Waals surface area contributed by atoms with Crippen molar-refractivity contribution in [3.8, 4) is 11.5 Å². The van der Waals surface area contributed by atoms with Crippen LogP contribution in [0.5, 0.6) is 0 Å². The Balaban J connectivity index is 1.95. The van der Waals surface area contributed by atoms with Gasteiger partial charge in [0.1, 0.15) is 11.5 Å². The fourth-order valence-corrected chi connectivity index (χ4v) is 2.78. The van der Waals surface area contributed by atoms with E-state index in [-0.39, 0.29) is 0 Å². The lowest BCUT2D eigenvalue weighted by Gasteiger charge is -1.98. The molecule has 0 unspecified atom stereocenters. The third-order valence-electron chi connectivity index (χ3n) is 2.75. The Kier molecular flexibility index (Phi) is 2.45. The lowest BCUT2D eigenvalue weighted by Crippen LogP contribution is -2.02. The topological polar surface area (TPSA) is 69.6 Å². The van der Waals surface area contributed by atoms with E-state index in [4.69, 9.17) is 5.73 Å². The monoisotopic (exact) mass is 235 g/mol. The van der Waals surface area contributed by atoms with Crippen molar-refractivity contribution >= 4 is 11.3 Å². The van der Waals surface area contributed by atoms with Gasteiger partial charge in [-0.2, -0.15) is 0 Å². The largest absolute Gasteiger partial charge is 0.330 e. The van der Waals surface area contributed by atoms with Crippen LogP contribution in [-0.2, 0) is 19.4 Å². The van der Waals surface area contributed by atoms with Crippen molar-refractivity contribution in [1.29, 1.82) is 0 Å². The molecule has 2 aromatic heterocycles. The summed E-state index contributed by atoms with van der Waals surface area (Å²) in [4.78, 5) is 4.54. The van der Waals surface area contributed by atoms with Crippen molar-refractivity contribution in [3.05, 3.63) is 16.2 Å². The van der Waals surface area contributed by atoms with Gasteiger partial charge in [-0.05, 0) is 13.0 Å². The summed E-state index contributed by atoms with van der Waals surface area (Å²) in [5.74, 6) is 2.00. The van der Waals surface area contributed by atoms with E-state index in [1.807, 2.05) is 5.38 Å². The highest BCUT2D eigenvalue weighted by Crippen LogP contribution is 2.24. The molecule has 0 amide bonds. The number of hydrogen-bond donors (Lipinski definition) is 1.